The van der Waals surface area contributed by atoms with Crippen LogP contribution in [0.4, 0.5) is 0 Å². The summed E-state index contributed by atoms with van der Waals surface area (Å²) in [5.41, 5.74) is 0. The topological polar surface area (TPSA) is 43.4 Å². The summed E-state index contributed by atoms with van der Waals surface area (Å²) >= 11 is 0. The van der Waals surface area contributed by atoms with Crippen LogP contribution in [0.25, 0.3) is 0 Å². The third-order valence-corrected chi connectivity index (χ3v) is 1.60. The minimum absolute atomic E-state index is 0. The van der Waals surface area contributed by atoms with Gasteiger partial charge in [-0.15, -0.1) is 6.42 Å². The predicted octanol–water partition coefficient (Wildman–Crippen LogP) is 0.482. The van der Waals surface area contributed by atoms with Gasteiger partial charge in [0, 0.05) is 57.0 Å². The van der Waals surface area contributed by atoms with E-state index in [9.17, 15) is 9.59 Å². The summed E-state index contributed by atoms with van der Waals surface area (Å²) in [6.45, 7) is 0. The minimum atomic E-state index is -0.456. The molecule has 5 heteroatoms. The summed E-state index contributed by atoms with van der Waals surface area (Å²) in [5.74, 6) is -0.170. The van der Waals surface area contributed by atoms with Crippen molar-refractivity contribution in [3.63, 3.8) is 0 Å². The van der Waals surface area contributed by atoms with Gasteiger partial charge in [0.25, 0.3) is 0 Å². The molecule has 0 aromatic carbocycles. The van der Waals surface area contributed by atoms with Crippen LogP contribution in [-0.4, -0.2) is 18.9 Å². The monoisotopic (exact) mass is 281 g/mol. The first kappa shape index (κ1) is 15.2. The quantitative estimate of drug-likeness (QED) is 0.518. The molecule has 0 aliphatic heterocycles. The second-order valence-corrected chi connectivity index (χ2v) is 2.25. The fraction of sp³-hybridized carbons (Fsp3) is 0.571. The fourth-order valence-electron chi connectivity index (χ4n) is 1.06. The van der Waals surface area contributed by atoms with E-state index < -0.39 is 5.97 Å². The van der Waals surface area contributed by atoms with Crippen LogP contribution in [0.1, 0.15) is 19.3 Å². The Bertz CT molecular complexity index is 172. The smallest absolute Gasteiger partial charge is 0.175 e. The van der Waals surface area contributed by atoms with Gasteiger partial charge in [-0.3, -0.25) is 4.79 Å². The average molecular weight is 281 g/mol. The molecule has 0 saturated heterocycles. The number of Topliss-reactive ketones (excluding diaryl/α,β-unsaturated/α-hetero) is 1. The van der Waals surface area contributed by atoms with Crippen molar-refractivity contribution in [2.45, 2.75) is 19.3 Å². The molecule has 0 aromatic rings. The van der Waals surface area contributed by atoms with Crippen LogP contribution in [0.3, 0.4) is 0 Å². The van der Waals surface area contributed by atoms with E-state index in [0.717, 1.165) is 6.42 Å². The number of ketones is 1. The SMILES string of the molecule is COC(=O)[C-]1CCCC1=O.[V].[Y]. The molecule has 0 spiro atoms. The van der Waals surface area contributed by atoms with Gasteiger partial charge in [0.15, 0.2) is 5.97 Å². The number of rotatable bonds is 1. The molecule has 3 nitrogen and oxygen atoms in total. The molecule has 0 N–H and O–H groups in total. The van der Waals surface area contributed by atoms with Gasteiger partial charge in [0.2, 0.25) is 0 Å². The second kappa shape index (κ2) is 7.14. The average Bonchev–Trinajstić information content (AvgIpc) is 2.34. The van der Waals surface area contributed by atoms with E-state index in [4.69, 9.17) is 0 Å². The Balaban J connectivity index is 0. The van der Waals surface area contributed by atoms with E-state index in [1.54, 1.807) is 0 Å². The Kier molecular flexibility index (Phi) is 9.03. The van der Waals surface area contributed by atoms with Crippen molar-refractivity contribution in [3.05, 3.63) is 5.92 Å². The molecule has 0 bridgehead atoms. The summed E-state index contributed by atoms with van der Waals surface area (Å²) in [7, 11) is 1.29. The zero-order valence-electron chi connectivity index (χ0n) is 6.87. The van der Waals surface area contributed by atoms with Crippen molar-refractivity contribution in [3.8, 4) is 0 Å². The summed E-state index contributed by atoms with van der Waals surface area (Å²) < 4.78 is 4.41. The molecule has 1 aliphatic rings. The molecule has 2 radical (unpaired) electrons. The minimum Gasteiger partial charge on any atom is -0.491 e. The summed E-state index contributed by atoms with van der Waals surface area (Å²) in [4.78, 5) is 21.6. The predicted molar refractivity (Wildman–Crippen MR) is 34.1 cm³/mol. The van der Waals surface area contributed by atoms with Gasteiger partial charge in [-0.2, -0.15) is 0 Å². The van der Waals surface area contributed by atoms with Crippen LogP contribution in [0.2, 0.25) is 0 Å². The molecule has 0 heterocycles. The van der Waals surface area contributed by atoms with Crippen LogP contribution in [0.5, 0.6) is 0 Å². The first-order chi connectivity index (χ1) is 4.75. The Morgan fingerprint density at radius 2 is 2.17 bits per heavy atom. The number of carbonyl (C=O) groups is 2. The van der Waals surface area contributed by atoms with Crippen molar-refractivity contribution in [1.82, 2.24) is 0 Å². The zero-order chi connectivity index (χ0) is 7.56. The van der Waals surface area contributed by atoms with Crippen LogP contribution < -0.4 is 0 Å². The number of esters is 1. The molecule has 1 fully saturated rings. The van der Waals surface area contributed by atoms with Gasteiger partial charge in [0.1, 0.15) is 0 Å². The molecule has 0 unspecified atom stereocenters. The molecule has 1 saturated carbocycles. The van der Waals surface area contributed by atoms with Gasteiger partial charge < -0.3 is 9.53 Å². The third-order valence-electron chi connectivity index (χ3n) is 1.60. The Morgan fingerprint density at radius 1 is 1.58 bits per heavy atom. The number of hydrogen-bond acceptors (Lipinski definition) is 3. The molecule has 0 atom stereocenters. The third kappa shape index (κ3) is 3.61. The molecular formula is C7H9O3VY-. The Hall–Kier alpha value is 0.698. The van der Waals surface area contributed by atoms with Crippen molar-refractivity contribution in [1.29, 1.82) is 0 Å². The van der Waals surface area contributed by atoms with E-state index in [2.05, 4.69) is 4.74 Å². The van der Waals surface area contributed by atoms with E-state index in [1.807, 2.05) is 0 Å². The first-order valence-electron chi connectivity index (χ1n) is 3.23. The molecule has 0 amide bonds. The summed E-state index contributed by atoms with van der Waals surface area (Å²) in [5, 5.41) is 0. The van der Waals surface area contributed by atoms with Gasteiger partial charge >= 0.3 is 0 Å². The van der Waals surface area contributed by atoms with Crippen LogP contribution in [0.15, 0.2) is 0 Å². The van der Waals surface area contributed by atoms with Crippen LogP contribution in [-0.2, 0) is 65.6 Å². The van der Waals surface area contributed by atoms with Crippen molar-refractivity contribution < 1.29 is 65.6 Å². The number of ether oxygens (including phenoxy) is 1. The zero-order valence-corrected chi connectivity index (χ0v) is 11.1. The normalized spacial score (nSPS) is 14.8. The summed E-state index contributed by atoms with van der Waals surface area (Å²) in [6, 6.07) is 0. The van der Waals surface area contributed by atoms with Gasteiger partial charge in [-0.1, -0.05) is 6.42 Å². The maximum absolute atomic E-state index is 10.8. The first-order valence-corrected chi connectivity index (χ1v) is 3.23. The summed E-state index contributed by atoms with van der Waals surface area (Å²) in [6.07, 6.45) is 1.89. The number of carbonyl (C=O) groups excluding carboxylic acids is 2. The van der Waals surface area contributed by atoms with Gasteiger partial charge in [-0.05, 0) is 6.42 Å². The molecule has 0 aromatic heterocycles. The van der Waals surface area contributed by atoms with E-state index in [0.29, 0.717) is 18.8 Å². The second-order valence-electron chi connectivity index (χ2n) is 2.25. The van der Waals surface area contributed by atoms with Gasteiger partial charge in [-0.25, -0.2) is 5.92 Å². The van der Waals surface area contributed by atoms with E-state index in [-0.39, 0.29) is 57.0 Å². The van der Waals surface area contributed by atoms with Gasteiger partial charge in [0.05, 0.1) is 7.11 Å². The molecular weight excluding hydrogens is 272 g/mol. The van der Waals surface area contributed by atoms with Crippen molar-refractivity contribution in [2.24, 2.45) is 0 Å². The molecule has 1 rings (SSSR count). The standard InChI is InChI=1S/C7H9O3.V.Y/c1-10-7(9)5-3-2-4-6(5)8;;/h2-4H2,1H3;;/q-1;;. The van der Waals surface area contributed by atoms with Crippen molar-refractivity contribution >= 4 is 11.8 Å². The van der Waals surface area contributed by atoms with Crippen LogP contribution in [0, 0.1) is 5.92 Å². The fourth-order valence-corrected chi connectivity index (χ4v) is 1.06. The van der Waals surface area contributed by atoms with Crippen molar-refractivity contribution in [2.75, 3.05) is 7.11 Å². The van der Waals surface area contributed by atoms with E-state index >= 15 is 0 Å². The maximum Gasteiger partial charge on any atom is 0.175 e. The molecule has 64 valence electrons. The molecule has 1 aliphatic carbocycles. The number of methoxy groups -OCH3 is 1. The van der Waals surface area contributed by atoms with Crippen LogP contribution >= 0.6 is 0 Å². The number of hydrogen-bond donors (Lipinski definition) is 0. The Labute approximate surface area is 109 Å². The largest absolute Gasteiger partial charge is 0.491 e. The molecule has 12 heavy (non-hydrogen) atoms. The maximum atomic E-state index is 10.8. The Morgan fingerprint density at radius 3 is 2.50 bits per heavy atom. The van der Waals surface area contributed by atoms with E-state index in [1.165, 1.54) is 7.11 Å².